The van der Waals surface area contributed by atoms with Gasteiger partial charge < -0.3 is 10.1 Å². The largest absolute Gasteiger partial charge is 0.449 e. The molecule has 2 aliphatic rings. The van der Waals surface area contributed by atoms with Gasteiger partial charge in [-0.3, -0.25) is 0 Å². The van der Waals surface area contributed by atoms with E-state index < -0.39 is 0 Å². The van der Waals surface area contributed by atoms with E-state index in [-0.39, 0.29) is 27.5 Å². The van der Waals surface area contributed by atoms with E-state index in [0.717, 1.165) is 37.1 Å². The molecular formula is C14H22N4O2S2. The minimum absolute atomic E-state index is 0.0678. The Morgan fingerprint density at radius 3 is 2.36 bits per heavy atom. The van der Waals surface area contributed by atoms with Crippen LogP contribution in [0, 0.1) is 5.92 Å². The van der Waals surface area contributed by atoms with Crippen molar-refractivity contribution >= 4 is 31.4 Å². The van der Waals surface area contributed by atoms with E-state index in [4.69, 9.17) is 30.0 Å². The van der Waals surface area contributed by atoms with Gasteiger partial charge in [0.25, 0.3) is 0 Å². The van der Waals surface area contributed by atoms with Gasteiger partial charge in [-0.05, 0) is 39.5 Å². The van der Waals surface area contributed by atoms with Crippen LogP contribution in [-0.2, 0) is 17.6 Å². The maximum atomic E-state index is 11.7. The predicted molar refractivity (Wildman–Crippen MR) is 89.6 cm³/mol. The fraction of sp³-hybridized carbons (Fsp3) is 0.786. The van der Waals surface area contributed by atoms with Gasteiger partial charge in [-0.2, -0.15) is 40.7 Å². The molecule has 0 saturated heterocycles. The zero-order chi connectivity index (χ0) is 16.0. The quantitative estimate of drug-likeness (QED) is 0.632. The number of ether oxygens (including phenoxy) is 1. The maximum absolute atomic E-state index is 11.7. The second-order valence-electron chi connectivity index (χ2n) is 6.52. The normalized spacial score (nSPS) is 33.4. The summed E-state index contributed by atoms with van der Waals surface area (Å²) in [5.74, 6) is 0.151. The highest BCUT2D eigenvalue weighted by Gasteiger charge is 2.72. The van der Waals surface area contributed by atoms with Crippen LogP contribution in [0.2, 0.25) is 0 Å². The molecule has 1 heterocycles. The zero-order valence-electron chi connectivity index (χ0n) is 12.8. The molecule has 1 amide bonds. The summed E-state index contributed by atoms with van der Waals surface area (Å²) >= 11 is 9.78. The topological polar surface area (TPSA) is 79.9 Å². The lowest BCUT2D eigenvalue weighted by Gasteiger charge is -2.18. The van der Waals surface area contributed by atoms with Crippen molar-refractivity contribution in [2.75, 3.05) is 6.61 Å². The number of alkyl carbamates (subject to hydrolysis) is 1. The highest BCUT2D eigenvalue weighted by atomic mass is 32.1. The molecule has 122 valence electrons. The van der Waals surface area contributed by atoms with Crippen LogP contribution in [-0.4, -0.2) is 43.6 Å². The first-order chi connectivity index (χ1) is 10.4. The number of hydrogen-bond acceptors (Lipinski definition) is 6. The van der Waals surface area contributed by atoms with Crippen LogP contribution in [0.5, 0.6) is 0 Å². The van der Waals surface area contributed by atoms with Crippen molar-refractivity contribution in [1.29, 1.82) is 0 Å². The summed E-state index contributed by atoms with van der Waals surface area (Å²) in [5, 5.41) is 13.8. The number of carbonyl (C=O) groups excluding carboxylic acids is 1. The van der Waals surface area contributed by atoms with E-state index in [1.165, 1.54) is 0 Å². The molecular weight excluding hydrogens is 320 g/mol. The minimum Gasteiger partial charge on any atom is -0.449 e. The number of carbonyl (C=O) groups is 1. The minimum atomic E-state index is -0.377. The summed E-state index contributed by atoms with van der Waals surface area (Å²) in [6, 6.07) is 0.0678. The summed E-state index contributed by atoms with van der Waals surface area (Å²) in [4.78, 5) is 11.7. The summed E-state index contributed by atoms with van der Waals surface area (Å²) in [7, 11) is 0. The smallest absolute Gasteiger partial charge is 0.407 e. The van der Waals surface area contributed by atoms with Crippen molar-refractivity contribution in [1.82, 2.24) is 20.7 Å². The van der Waals surface area contributed by atoms with Gasteiger partial charge in [0.2, 0.25) is 0 Å². The second-order valence-corrected chi connectivity index (χ2v) is 8.11. The Labute approximate surface area is 141 Å². The molecule has 2 unspecified atom stereocenters. The lowest BCUT2D eigenvalue weighted by molar-refractivity contribution is 0.136. The Balaban J connectivity index is 1.64. The van der Waals surface area contributed by atoms with Crippen LogP contribution >= 0.6 is 25.3 Å². The average molecular weight is 342 g/mol. The molecule has 0 spiro atoms. The Hall–Kier alpha value is -0.890. The maximum Gasteiger partial charge on any atom is 0.407 e. The number of H-pyrrole nitrogens is 1. The molecule has 0 aliphatic heterocycles. The van der Waals surface area contributed by atoms with Crippen molar-refractivity contribution in [2.24, 2.45) is 5.92 Å². The number of thiol groups is 2. The molecule has 2 atom stereocenters. The molecule has 3 rings (SSSR count). The molecule has 8 heteroatoms. The van der Waals surface area contributed by atoms with Gasteiger partial charge in [0.05, 0.1) is 18.0 Å². The van der Waals surface area contributed by atoms with Crippen molar-refractivity contribution in [3.05, 3.63) is 11.4 Å². The Bertz CT molecular complexity index is 544. The van der Waals surface area contributed by atoms with Crippen molar-refractivity contribution in [3.8, 4) is 0 Å². The third-order valence-corrected chi connectivity index (χ3v) is 6.84. The van der Waals surface area contributed by atoms with Crippen molar-refractivity contribution in [2.45, 2.75) is 55.1 Å². The molecule has 2 N–H and O–H groups in total. The first-order valence-corrected chi connectivity index (χ1v) is 8.53. The molecule has 1 fully saturated rings. The van der Waals surface area contributed by atoms with Crippen molar-refractivity contribution in [3.63, 3.8) is 0 Å². The Morgan fingerprint density at radius 2 is 1.86 bits per heavy atom. The van der Waals surface area contributed by atoms with E-state index >= 15 is 0 Å². The number of aryl methyl sites for hydroxylation is 2. The van der Waals surface area contributed by atoms with Gasteiger partial charge in [0.1, 0.15) is 0 Å². The predicted octanol–water partition coefficient (Wildman–Crippen LogP) is 1.79. The van der Waals surface area contributed by atoms with E-state index in [0.29, 0.717) is 6.61 Å². The Morgan fingerprint density at radius 1 is 1.32 bits per heavy atom. The fourth-order valence-corrected chi connectivity index (χ4v) is 4.76. The zero-order valence-corrected chi connectivity index (χ0v) is 14.6. The van der Waals surface area contributed by atoms with Crippen LogP contribution in [0.15, 0.2) is 0 Å². The number of fused-ring (bicyclic) bond motifs is 2. The number of aromatic nitrogens is 3. The first-order valence-electron chi connectivity index (χ1n) is 7.63. The van der Waals surface area contributed by atoms with Gasteiger partial charge in [0.15, 0.2) is 0 Å². The van der Waals surface area contributed by atoms with E-state index in [1.54, 1.807) is 0 Å². The first kappa shape index (κ1) is 16.0. The third-order valence-electron chi connectivity index (χ3n) is 4.80. The number of rotatable bonds is 3. The van der Waals surface area contributed by atoms with Crippen LogP contribution in [0.4, 0.5) is 4.79 Å². The van der Waals surface area contributed by atoms with Gasteiger partial charge >= 0.3 is 6.09 Å². The standard InChI is InChI=1S/C14H22N4O2S2/c1-8(2)15-12(19)20-7-11-13(21)5-3-9-10(17-18-16-9)4-6-14(11,13)22/h8,11,21-22H,3-7H2,1-2H3,(H,15,19)(H,16,17,18). The molecule has 0 aromatic carbocycles. The van der Waals surface area contributed by atoms with E-state index in [9.17, 15) is 4.79 Å². The van der Waals surface area contributed by atoms with E-state index in [2.05, 4.69) is 20.7 Å². The highest BCUT2D eigenvalue weighted by molar-refractivity contribution is 7.87. The monoisotopic (exact) mass is 342 g/mol. The van der Waals surface area contributed by atoms with Crippen LogP contribution in [0.25, 0.3) is 0 Å². The molecule has 1 saturated carbocycles. The second kappa shape index (κ2) is 5.63. The summed E-state index contributed by atoms with van der Waals surface area (Å²) < 4.78 is 4.92. The molecule has 2 aliphatic carbocycles. The molecule has 6 nitrogen and oxygen atoms in total. The lowest BCUT2D eigenvalue weighted by atomic mass is 10.0. The highest BCUT2D eigenvalue weighted by Crippen LogP contribution is 2.67. The van der Waals surface area contributed by atoms with Gasteiger partial charge in [-0.15, -0.1) is 0 Å². The molecule has 0 radical (unpaired) electrons. The number of nitrogens with zero attached hydrogens (tertiary/aromatic N) is 2. The van der Waals surface area contributed by atoms with Crippen LogP contribution in [0.3, 0.4) is 0 Å². The summed E-state index contributed by atoms with van der Waals surface area (Å²) in [5.41, 5.74) is 2.04. The van der Waals surface area contributed by atoms with Crippen molar-refractivity contribution < 1.29 is 9.53 Å². The third kappa shape index (κ3) is 2.60. The fourth-order valence-electron chi connectivity index (χ4n) is 3.44. The number of aromatic amines is 1. The van der Waals surface area contributed by atoms with Gasteiger partial charge in [0, 0.05) is 21.5 Å². The average Bonchev–Trinajstić information content (AvgIpc) is 2.77. The number of amides is 1. The van der Waals surface area contributed by atoms with Crippen LogP contribution in [0.1, 0.15) is 38.1 Å². The van der Waals surface area contributed by atoms with Gasteiger partial charge in [-0.25, -0.2) is 4.79 Å². The Kier molecular flexibility index (Phi) is 4.09. The number of hydrogen-bond donors (Lipinski definition) is 4. The lowest BCUT2D eigenvalue weighted by Crippen LogP contribution is -2.31. The summed E-state index contributed by atoms with van der Waals surface area (Å²) in [6.45, 7) is 4.16. The number of nitrogens with one attached hydrogen (secondary N) is 2. The van der Waals surface area contributed by atoms with Gasteiger partial charge in [-0.1, -0.05) is 0 Å². The molecule has 0 bridgehead atoms. The van der Waals surface area contributed by atoms with Crippen LogP contribution < -0.4 is 5.32 Å². The SMILES string of the molecule is CC(C)NC(=O)OCC1C2(S)CCc3n[nH]nc3CCC12S. The molecule has 1 aromatic heterocycles. The summed E-state index contributed by atoms with van der Waals surface area (Å²) in [6.07, 6.45) is 2.99. The molecule has 1 aromatic rings. The molecule has 22 heavy (non-hydrogen) atoms. The van der Waals surface area contributed by atoms with E-state index in [1.807, 2.05) is 13.8 Å².